The molecular weight excluding hydrogens is 498 g/mol. The predicted octanol–water partition coefficient (Wildman–Crippen LogP) is 5.42. The molecular formula is C29H39N5O5. The first kappa shape index (κ1) is 28.2. The van der Waals surface area contributed by atoms with Crippen LogP contribution in [0.1, 0.15) is 60.4 Å². The summed E-state index contributed by atoms with van der Waals surface area (Å²) in [6.45, 7) is 8.15. The minimum atomic E-state index is -0.514. The molecule has 1 aliphatic rings. The molecule has 2 N–H and O–H groups in total. The van der Waals surface area contributed by atoms with E-state index in [9.17, 15) is 4.79 Å². The van der Waals surface area contributed by atoms with Gasteiger partial charge in [-0.25, -0.2) is 0 Å². The molecule has 4 rings (SSSR count). The van der Waals surface area contributed by atoms with Gasteiger partial charge >= 0.3 is 0 Å². The van der Waals surface area contributed by atoms with E-state index in [0.717, 1.165) is 37.1 Å². The third-order valence-electron chi connectivity index (χ3n) is 6.93. The summed E-state index contributed by atoms with van der Waals surface area (Å²) in [5.41, 5.74) is 3.99. The number of hydrogen-bond donors (Lipinski definition) is 2. The van der Waals surface area contributed by atoms with Crippen molar-refractivity contribution in [3.8, 4) is 23.5 Å². The van der Waals surface area contributed by atoms with Gasteiger partial charge in [0.25, 0.3) is 11.9 Å². The van der Waals surface area contributed by atoms with E-state index in [4.69, 9.17) is 18.6 Å². The molecule has 0 spiro atoms. The van der Waals surface area contributed by atoms with Crippen LogP contribution in [-0.4, -0.2) is 62.2 Å². The van der Waals surface area contributed by atoms with Crippen LogP contribution in [0, 0.1) is 6.92 Å². The van der Waals surface area contributed by atoms with E-state index in [1.54, 1.807) is 12.1 Å². The molecule has 0 aliphatic heterocycles. The van der Waals surface area contributed by atoms with E-state index >= 15 is 0 Å². The number of carbonyl (C=O) groups excluding carboxylic acids is 1. The molecule has 0 saturated carbocycles. The Bertz CT molecular complexity index is 1290. The summed E-state index contributed by atoms with van der Waals surface area (Å²) >= 11 is 0. The highest BCUT2D eigenvalue weighted by Crippen LogP contribution is 2.41. The maximum absolute atomic E-state index is 13.1. The molecule has 0 bridgehead atoms. The standard InChI is InChI=1S/C29H39N5O5/c1-18-16-19-10-8-13-29(2,3)20(19)17-22(18)39-23-12-11-21(38-23)25(35)31-24-26(36-6)32-28(33-27(24)37-7)30-14-9-15-34(4)5/h11-12,16-17H,8-10,13-15H2,1-7H3,(H,31,35)(H,30,32,33). The number of nitrogens with zero attached hydrogens (tertiary/aromatic N) is 3. The van der Waals surface area contributed by atoms with E-state index in [-0.39, 0.29) is 34.6 Å². The number of fused-ring (bicyclic) bond motifs is 1. The van der Waals surface area contributed by atoms with Crippen LogP contribution >= 0.6 is 0 Å². The molecule has 0 radical (unpaired) electrons. The van der Waals surface area contributed by atoms with Crippen LogP contribution in [0.5, 0.6) is 23.5 Å². The molecule has 0 atom stereocenters. The number of rotatable bonds is 11. The molecule has 0 saturated heterocycles. The molecule has 3 aromatic rings. The lowest BCUT2D eigenvalue weighted by atomic mass is 9.72. The van der Waals surface area contributed by atoms with Crippen LogP contribution in [0.25, 0.3) is 0 Å². The number of carbonyl (C=O) groups is 1. The Balaban J connectivity index is 1.48. The first-order valence-corrected chi connectivity index (χ1v) is 13.2. The summed E-state index contributed by atoms with van der Waals surface area (Å²) in [5, 5.41) is 5.91. The Morgan fingerprint density at radius 3 is 2.51 bits per heavy atom. The first-order chi connectivity index (χ1) is 18.6. The Morgan fingerprint density at radius 2 is 1.85 bits per heavy atom. The van der Waals surface area contributed by atoms with E-state index in [0.29, 0.717) is 12.5 Å². The minimum Gasteiger partial charge on any atom is -0.479 e. The van der Waals surface area contributed by atoms with Gasteiger partial charge in [-0.1, -0.05) is 19.9 Å². The summed E-state index contributed by atoms with van der Waals surface area (Å²) in [7, 11) is 6.97. The van der Waals surface area contributed by atoms with Gasteiger partial charge in [-0.05, 0) is 87.5 Å². The third-order valence-corrected chi connectivity index (χ3v) is 6.93. The fourth-order valence-electron chi connectivity index (χ4n) is 4.83. The zero-order valence-electron chi connectivity index (χ0n) is 23.9. The molecule has 10 nitrogen and oxygen atoms in total. The number of ether oxygens (including phenoxy) is 3. The summed E-state index contributed by atoms with van der Waals surface area (Å²) in [6.07, 6.45) is 4.31. The number of aromatic nitrogens is 2. The van der Waals surface area contributed by atoms with Crippen molar-refractivity contribution in [2.24, 2.45) is 0 Å². The minimum absolute atomic E-state index is 0.0657. The number of nitrogens with one attached hydrogen (secondary N) is 2. The second kappa shape index (κ2) is 11.9. The van der Waals surface area contributed by atoms with Gasteiger partial charge in [0.05, 0.1) is 14.2 Å². The van der Waals surface area contributed by atoms with Crippen molar-refractivity contribution in [2.45, 2.75) is 51.9 Å². The largest absolute Gasteiger partial charge is 0.479 e. The molecule has 0 fully saturated rings. The van der Waals surface area contributed by atoms with Crippen LogP contribution < -0.4 is 24.8 Å². The van der Waals surface area contributed by atoms with Crippen LogP contribution in [0.2, 0.25) is 0 Å². The van der Waals surface area contributed by atoms with Gasteiger partial charge in [0.2, 0.25) is 17.7 Å². The third kappa shape index (κ3) is 6.62. The monoisotopic (exact) mass is 537 g/mol. The highest BCUT2D eigenvalue weighted by atomic mass is 16.6. The smallest absolute Gasteiger partial charge is 0.291 e. The molecule has 10 heteroatoms. The van der Waals surface area contributed by atoms with Gasteiger partial charge < -0.3 is 34.2 Å². The number of benzene rings is 1. The molecule has 1 aliphatic carbocycles. The van der Waals surface area contributed by atoms with Crippen molar-refractivity contribution in [3.05, 3.63) is 46.7 Å². The highest BCUT2D eigenvalue weighted by molar-refractivity contribution is 6.03. The van der Waals surface area contributed by atoms with Gasteiger partial charge in [-0.3, -0.25) is 4.79 Å². The molecule has 1 aromatic carbocycles. The summed E-state index contributed by atoms with van der Waals surface area (Å²) in [6, 6.07) is 7.49. The predicted molar refractivity (Wildman–Crippen MR) is 151 cm³/mol. The fraction of sp³-hybridized carbons (Fsp3) is 0.483. The maximum Gasteiger partial charge on any atom is 0.291 e. The maximum atomic E-state index is 13.1. The Kier molecular flexibility index (Phi) is 8.64. The summed E-state index contributed by atoms with van der Waals surface area (Å²) < 4.78 is 22.7. The van der Waals surface area contributed by atoms with Crippen molar-refractivity contribution in [1.82, 2.24) is 14.9 Å². The van der Waals surface area contributed by atoms with Crippen LogP contribution in [0.3, 0.4) is 0 Å². The number of aryl methyl sites for hydroxylation is 2. The zero-order valence-corrected chi connectivity index (χ0v) is 23.9. The fourth-order valence-corrected chi connectivity index (χ4v) is 4.83. The van der Waals surface area contributed by atoms with E-state index in [1.165, 1.54) is 31.8 Å². The van der Waals surface area contributed by atoms with Gasteiger partial charge in [0.15, 0.2) is 11.4 Å². The van der Waals surface area contributed by atoms with Crippen LogP contribution in [0.4, 0.5) is 11.6 Å². The average molecular weight is 538 g/mol. The topological polar surface area (TPSA) is 111 Å². The number of methoxy groups -OCH3 is 2. The Hall–Kier alpha value is -3.79. The molecule has 39 heavy (non-hydrogen) atoms. The highest BCUT2D eigenvalue weighted by Gasteiger charge is 2.29. The lowest BCUT2D eigenvalue weighted by molar-refractivity contribution is 0.0990. The molecule has 2 aromatic heterocycles. The summed E-state index contributed by atoms with van der Waals surface area (Å²) in [4.78, 5) is 23.9. The van der Waals surface area contributed by atoms with Crippen LogP contribution in [0.15, 0.2) is 28.7 Å². The molecule has 1 amide bonds. The quantitative estimate of drug-likeness (QED) is 0.310. The van der Waals surface area contributed by atoms with Gasteiger partial charge in [-0.2, -0.15) is 9.97 Å². The van der Waals surface area contributed by atoms with Crippen molar-refractivity contribution < 1.29 is 23.4 Å². The molecule has 0 unspecified atom stereocenters. The zero-order chi connectivity index (χ0) is 28.2. The second-order valence-corrected chi connectivity index (χ2v) is 10.7. The number of furan rings is 1. The van der Waals surface area contributed by atoms with Gasteiger partial charge in [0, 0.05) is 12.6 Å². The first-order valence-electron chi connectivity index (χ1n) is 13.2. The Morgan fingerprint density at radius 1 is 1.13 bits per heavy atom. The van der Waals surface area contributed by atoms with E-state index < -0.39 is 5.91 Å². The number of anilines is 2. The van der Waals surface area contributed by atoms with Gasteiger partial charge in [0.1, 0.15) is 5.75 Å². The number of hydrogen-bond acceptors (Lipinski definition) is 9. The Labute approximate surface area is 230 Å². The van der Waals surface area contributed by atoms with Gasteiger partial charge in [-0.15, -0.1) is 0 Å². The molecule has 210 valence electrons. The number of amides is 1. The van der Waals surface area contributed by atoms with Crippen molar-refractivity contribution in [2.75, 3.05) is 52.0 Å². The normalized spacial score (nSPS) is 14.1. The lowest BCUT2D eigenvalue weighted by Crippen LogP contribution is -2.23. The summed E-state index contributed by atoms with van der Waals surface area (Å²) in [5.74, 6) is 1.18. The second-order valence-electron chi connectivity index (χ2n) is 10.7. The van der Waals surface area contributed by atoms with Crippen molar-refractivity contribution in [1.29, 1.82) is 0 Å². The van der Waals surface area contributed by atoms with Crippen molar-refractivity contribution in [3.63, 3.8) is 0 Å². The van der Waals surface area contributed by atoms with Crippen molar-refractivity contribution >= 4 is 17.5 Å². The SMILES string of the molecule is COc1nc(NCCCN(C)C)nc(OC)c1NC(=O)c1ccc(Oc2cc3c(cc2C)CCCC3(C)C)o1. The molecule has 2 heterocycles. The lowest BCUT2D eigenvalue weighted by Gasteiger charge is -2.33. The average Bonchev–Trinajstić information content (AvgIpc) is 3.36. The van der Waals surface area contributed by atoms with E-state index in [2.05, 4.69) is 51.5 Å². The van der Waals surface area contributed by atoms with E-state index in [1.807, 2.05) is 21.0 Å². The van der Waals surface area contributed by atoms with Crippen LogP contribution in [-0.2, 0) is 11.8 Å².